The van der Waals surface area contributed by atoms with Gasteiger partial charge in [0, 0.05) is 6.04 Å². The van der Waals surface area contributed by atoms with Gasteiger partial charge in [-0.1, -0.05) is 25.8 Å². The molecule has 3 heteroatoms. The molecule has 1 saturated carbocycles. The summed E-state index contributed by atoms with van der Waals surface area (Å²) in [5.41, 5.74) is 1.05. The number of rotatable bonds is 6. The molecule has 1 atom stereocenters. The van der Waals surface area contributed by atoms with Crippen molar-refractivity contribution in [1.82, 2.24) is 5.32 Å². The summed E-state index contributed by atoms with van der Waals surface area (Å²) in [5, 5.41) is 3.57. The van der Waals surface area contributed by atoms with Crippen molar-refractivity contribution in [2.75, 3.05) is 13.7 Å². The van der Waals surface area contributed by atoms with Crippen LogP contribution in [0.1, 0.15) is 38.2 Å². The lowest BCUT2D eigenvalue weighted by Crippen LogP contribution is -2.36. The molecule has 0 radical (unpaired) electrons. The van der Waals surface area contributed by atoms with Crippen LogP contribution in [0.2, 0.25) is 0 Å². The van der Waals surface area contributed by atoms with E-state index in [4.69, 9.17) is 4.74 Å². The molecule has 2 rings (SSSR count). The van der Waals surface area contributed by atoms with Crippen molar-refractivity contribution < 1.29 is 9.13 Å². The van der Waals surface area contributed by atoms with Gasteiger partial charge in [-0.15, -0.1) is 0 Å². The Morgan fingerprint density at radius 2 is 2.11 bits per heavy atom. The highest BCUT2D eigenvalue weighted by molar-refractivity contribution is 5.29. The Balaban J connectivity index is 2.05. The zero-order valence-corrected chi connectivity index (χ0v) is 11.9. The monoisotopic (exact) mass is 265 g/mol. The average molecular weight is 265 g/mol. The maximum Gasteiger partial charge on any atom is 0.165 e. The summed E-state index contributed by atoms with van der Waals surface area (Å²) in [6.07, 6.45) is 6.18. The van der Waals surface area contributed by atoms with Crippen molar-refractivity contribution >= 4 is 0 Å². The van der Waals surface area contributed by atoms with E-state index in [0.717, 1.165) is 24.4 Å². The summed E-state index contributed by atoms with van der Waals surface area (Å²) in [6, 6.07) is 5.78. The number of likely N-dealkylation sites (N-methyl/N-ethyl adjacent to an activating group) is 1. The molecule has 106 valence electrons. The number of hydrogen-bond acceptors (Lipinski definition) is 2. The summed E-state index contributed by atoms with van der Waals surface area (Å²) in [7, 11) is 1.50. The molecule has 1 unspecified atom stereocenters. The predicted octanol–water partition coefficient (Wildman–Crippen LogP) is 3.55. The fraction of sp³-hybridized carbons (Fsp3) is 0.625. The van der Waals surface area contributed by atoms with E-state index in [1.807, 2.05) is 6.07 Å². The first-order valence-electron chi connectivity index (χ1n) is 7.30. The zero-order valence-electron chi connectivity index (χ0n) is 11.9. The summed E-state index contributed by atoms with van der Waals surface area (Å²) >= 11 is 0. The van der Waals surface area contributed by atoms with Gasteiger partial charge in [0.1, 0.15) is 0 Å². The Labute approximate surface area is 115 Å². The highest BCUT2D eigenvalue weighted by atomic mass is 19.1. The van der Waals surface area contributed by atoms with Crippen molar-refractivity contribution in [3.05, 3.63) is 29.6 Å². The van der Waals surface area contributed by atoms with Gasteiger partial charge in [0.15, 0.2) is 11.6 Å². The SMILES string of the molecule is CCNC(Cc1ccc(OC)c(F)c1)C1CCCC1. The quantitative estimate of drug-likeness (QED) is 0.849. The Kier molecular flexibility index (Phi) is 5.20. The van der Waals surface area contributed by atoms with Gasteiger partial charge in [0.05, 0.1) is 7.11 Å². The second-order valence-corrected chi connectivity index (χ2v) is 5.38. The Bertz CT molecular complexity index is 402. The molecule has 0 spiro atoms. The van der Waals surface area contributed by atoms with Crippen molar-refractivity contribution in [2.24, 2.45) is 5.92 Å². The summed E-state index contributed by atoms with van der Waals surface area (Å²) in [6.45, 7) is 3.11. The van der Waals surface area contributed by atoms with Gasteiger partial charge in [-0.05, 0) is 49.4 Å². The van der Waals surface area contributed by atoms with Gasteiger partial charge >= 0.3 is 0 Å². The van der Waals surface area contributed by atoms with Gasteiger partial charge in [-0.25, -0.2) is 4.39 Å². The highest BCUT2D eigenvalue weighted by Gasteiger charge is 2.24. The van der Waals surface area contributed by atoms with E-state index in [1.54, 1.807) is 12.1 Å². The number of hydrogen-bond donors (Lipinski definition) is 1. The third-order valence-electron chi connectivity index (χ3n) is 4.11. The smallest absolute Gasteiger partial charge is 0.165 e. The molecule has 0 saturated heterocycles. The van der Waals surface area contributed by atoms with Crippen LogP contribution in [0.25, 0.3) is 0 Å². The van der Waals surface area contributed by atoms with Crippen LogP contribution in [-0.4, -0.2) is 19.7 Å². The Morgan fingerprint density at radius 1 is 1.37 bits per heavy atom. The van der Waals surface area contributed by atoms with Crippen LogP contribution in [0.4, 0.5) is 4.39 Å². The van der Waals surface area contributed by atoms with Crippen molar-refractivity contribution in [2.45, 2.75) is 45.1 Å². The third-order valence-corrected chi connectivity index (χ3v) is 4.11. The molecule has 1 aromatic carbocycles. The topological polar surface area (TPSA) is 21.3 Å². The van der Waals surface area contributed by atoms with Crippen molar-refractivity contribution in [3.63, 3.8) is 0 Å². The Morgan fingerprint density at radius 3 is 2.68 bits per heavy atom. The molecule has 1 N–H and O–H groups in total. The molecule has 1 aromatic rings. The fourth-order valence-corrected chi connectivity index (χ4v) is 3.12. The van der Waals surface area contributed by atoms with E-state index in [2.05, 4.69) is 12.2 Å². The zero-order chi connectivity index (χ0) is 13.7. The number of benzene rings is 1. The number of halogens is 1. The molecule has 19 heavy (non-hydrogen) atoms. The van der Waals surface area contributed by atoms with E-state index in [9.17, 15) is 4.39 Å². The number of ether oxygens (including phenoxy) is 1. The van der Waals surface area contributed by atoms with E-state index in [-0.39, 0.29) is 5.82 Å². The minimum Gasteiger partial charge on any atom is -0.494 e. The molecule has 0 amide bonds. The van der Waals surface area contributed by atoms with Crippen LogP contribution in [-0.2, 0) is 6.42 Å². The van der Waals surface area contributed by atoms with Gasteiger partial charge in [0.2, 0.25) is 0 Å². The maximum atomic E-state index is 13.7. The molecular weight excluding hydrogens is 241 g/mol. The molecular formula is C16H24FNO. The second kappa shape index (κ2) is 6.90. The first-order valence-corrected chi connectivity index (χ1v) is 7.30. The molecule has 0 aromatic heterocycles. The number of methoxy groups -OCH3 is 1. The van der Waals surface area contributed by atoms with Gasteiger partial charge in [-0.2, -0.15) is 0 Å². The van der Waals surface area contributed by atoms with E-state index >= 15 is 0 Å². The first-order chi connectivity index (χ1) is 9.24. The lowest BCUT2D eigenvalue weighted by atomic mass is 9.92. The largest absolute Gasteiger partial charge is 0.494 e. The van der Waals surface area contributed by atoms with Crippen molar-refractivity contribution in [1.29, 1.82) is 0 Å². The van der Waals surface area contributed by atoms with Gasteiger partial charge in [0.25, 0.3) is 0 Å². The fourth-order valence-electron chi connectivity index (χ4n) is 3.12. The lowest BCUT2D eigenvalue weighted by Gasteiger charge is -2.24. The summed E-state index contributed by atoms with van der Waals surface area (Å²) in [5.74, 6) is 0.802. The molecule has 0 heterocycles. The van der Waals surface area contributed by atoms with Gasteiger partial charge < -0.3 is 10.1 Å². The molecule has 1 aliphatic carbocycles. The van der Waals surface area contributed by atoms with Crippen LogP contribution in [0.3, 0.4) is 0 Å². The van der Waals surface area contributed by atoms with Crippen LogP contribution in [0.5, 0.6) is 5.75 Å². The normalized spacial score (nSPS) is 17.6. The third kappa shape index (κ3) is 3.69. The molecule has 1 fully saturated rings. The predicted molar refractivity (Wildman–Crippen MR) is 76.1 cm³/mol. The Hall–Kier alpha value is -1.09. The van der Waals surface area contributed by atoms with Crippen molar-refractivity contribution in [3.8, 4) is 5.75 Å². The van der Waals surface area contributed by atoms with E-state index in [1.165, 1.54) is 32.8 Å². The maximum absolute atomic E-state index is 13.7. The van der Waals surface area contributed by atoms with E-state index in [0.29, 0.717) is 11.8 Å². The van der Waals surface area contributed by atoms with Crippen LogP contribution in [0, 0.1) is 11.7 Å². The second-order valence-electron chi connectivity index (χ2n) is 5.38. The molecule has 0 aliphatic heterocycles. The molecule has 0 bridgehead atoms. The first kappa shape index (κ1) is 14.3. The van der Waals surface area contributed by atoms with E-state index < -0.39 is 0 Å². The summed E-state index contributed by atoms with van der Waals surface area (Å²) in [4.78, 5) is 0. The minimum atomic E-state index is -0.262. The number of nitrogens with one attached hydrogen (secondary N) is 1. The standard InChI is InChI=1S/C16H24FNO/c1-3-18-15(13-6-4-5-7-13)11-12-8-9-16(19-2)14(17)10-12/h8-10,13,15,18H,3-7,11H2,1-2H3. The lowest BCUT2D eigenvalue weighted by molar-refractivity contribution is 0.360. The van der Waals surface area contributed by atoms with Gasteiger partial charge in [-0.3, -0.25) is 0 Å². The van der Waals surface area contributed by atoms with Crippen LogP contribution >= 0.6 is 0 Å². The summed E-state index contributed by atoms with van der Waals surface area (Å²) < 4.78 is 18.7. The molecule has 1 aliphatic rings. The van der Waals surface area contributed by atoms with Crippen LogP contribution < -0.4 is 10.1 Å². The van der Waals surface area contributed by atoms with Crippen LogP contribution in [0.15, 0.2) is 18.2 Å². The average Bonchev–Trinajstić information content (AvgIpc) is 2.92. The highest BCUT2D eigenvalue weighted by Crippen LogP contribution is 2.29. The molecule has 2 nitrogen and oxygen atoms in total. The minimum absolute atomic E-state index is 0.262.